The molecule has 0 fully saturated rings. The topological polar surface area (TPSA) is 41.9 Å². The van der Waals surface area contributed by atoms with E-state index in [0.29, 0.717) is 13.2 Å². The molecule has 1 aromatic carbocycles. The van der Waals surface area contributed by atoms with E-state index in [1.165, 1.54) is 5.01 Å². The molecule has 0 aliphatic rings. The quantitative estimate of drug-likeness (QED) is 0.327. The third-order valence-corrected chi connectivity index (χ3v) is 2.17. The highest BCUT2D eigenvalue weighted by molar-refractivity contribution is 5.87. The molecule has 1 aromatic rings. The van der Waals surface area contributed by atoms with Crippen molar-refractivity contribution in [2.24, 2.45) is 5.10 Å². The minimum atomic E-state index is -0.476. The zero-order chi connectivity index (χ0) is 12.7. The van der Waals surface area contributed by atoms with Crippen molar-refractivity contribution in [2.75, 3.05) is 6.61 Å². The first kappa shape index (κ1) is 13.0. The van der Waals surface area contributed by atoms with Gasteiger partial charge in [-0.15, -0.1) is 0 Å². The first-order chi connectivity index (χ1) is 8.19. The molecule has 0 amide bonds. The molecule has 17 heavy (non-hydrogen) atoms. The Balaban J connectivity index is 2.69. The van der Waals surface area contributed by atoms with Crippen LogP contribution < -0.4 is 0 Å². The van der Waals surface area contributed by atoms with Crippen LogP contribution in [0.15, 0.2) is 47.7 Å². The zero-order valence-electron chi connectivity index (χ0n) is 9.93. The molecule has 0 radical (unpaired) electrons. The lowest BCUT2D eigenvalue weighted by Gasteiger charge is -2.19. The third-order valence-electron chi connectivity index (χ3n) is 2.17. The Morgan fingerprint density at radius 2 is 2.06 bits per heavy atom. The number of carbonyl (C=O) groups is 1. The summed E-state index contributed by atoms with van der Waals surface area (Å²) in [6.07, 6.45) is 0. The van der Waals surface area contributed by atoms with Gasteiger partial charge >= 0.3 is 5.97 Å². The van der Waals surface area contributed by atoms with Gasteiger partial charge < -0.3 is 4.74 Å². The van der Waals surface area contributed by atoms with Gasteiger partial charge in [0.15, 0.2) is 0 Å². The monoisotopic (exact) mass is 232 g/mol. The average Bonchev–Trinajstić information content (AvgIpc) is 2.36. The standard InChI is InChI=1S/C13H16N2O2/c1-4-17-13(16)11(2)15(14-3)10-12-8-6-5-7-9-12/h5-9H,2-4,10H2,1H3. The van der Waals surface area contributed by atoms with E-state index in [9.17, 15) is 4.79 Å². The minimum Gasteiger partial charge on any atom is -0.461 e. The van der Waals surface area contributed by atoms with Crippen LogP contribution in [0.2, 0.25) is 0 Å². The molecule has 0 aliphatic heterocycles. The van der Waals surface area contributed by atoms with Crippen molar-refractivity contribution >= 4 is 12.7 Å². The molecule has 0 saturated heterocycles. The minimum absolute atomic E-state index is 0.186. The number of benzene rings is 1. The van der Waals surface area contributed by atoms with Crippen LogP contribution in [0.25, 0.3) is 0 Å². The van der Waals surface area contributed by atoms with Crippen molar-refractivity contribution in [3.63, 3.8) is 0 Å². The number of hydrazone groups is 1. The van der Waals surface area contributed by atoms with Crippen LogP contribution in [-0.2, 0) is 16.1 Å². The van der Waals surface area contributed by atoms with Crippen LogP contribution >= 0.6 is 0 Å². The predicted octanol–water partition coefficient (Wildman–Crippen LogP) is 2.18. The molecule has 0 bridgehead atoms. The van der Waals surface area contributed by atoms with E-state index >= 15 is 0 Å². The molecule has 0 saturated carbocycles. The highest BCUT2D eigenvalue weighted by Gasteiger charge is 2.15. The molecular formula is C13H16N2O2. The summed E-state index contributed by atoms with van der Waals surface area (Å²) in [7, 11) is 0. The second-order valence-corrected chi connectivity index (χ2v) is 3.35. The van der Waals surface area contributed by atoms with E-state index < -0.39 is 5.97 Å². The highest BCUT2D eigenvalue weighted by Crippen LogP contribution is 2.11. The van der Waals surface area contributed by atoms with Gasteiger partial charge in [-0.05, 0) is 12.5 Å². The van der Waals surface area contributed by atoms with E-state index in [1.807, 2.05) is 30.3 Å². The predicted molar refractivity (Wildman–Crippen MR) is 67.3 cm³/mol. The summed E-state index contributed by atoms with van der Waals surface area (Å²) in [4.78, 5) is 11.5. The maximum atomic E-state index is 11.5. The van der Waals surface area contributed by atoms with E-state index in [4.69, 9.17) is 4.74 Å². The Morgan fingerprint density at radius 3 is 2.59 bits per heavy atom. The molecule has 0 unspecified atom stereocenters. The summed E-state index contributed by atoms with van der Waals surface area (Å²) in [5.41, 5.74) is 1.20. The van der Waals surface area contributed by atoms with Crippen molar-refractivity contribution in [1.82, 2.24) is 5.01 Å². The van der Waals surface area contributed by atoms with Crippen LogP contribution in [0.1, 0.15) is 12.5 Å². The van der Waals surface area contributed by atoms with E-state index in [1.54, 1.807) is 6.92 Å². The largest absolute Gasteiger partial charge is 0.461 e. The van der Waals surface area contributed by atoms with E-state index in [0.717, 1.165) is 5.56 Å². The van der Waals surface area contributed by atoms with Crippen molar-refractivity contribution in [3.8, 4) is 0 Å². The number of esters is 1. The number of hydrogen-bond acceptors (Lipinski definition) is 4. The smallest absolute Gasteiger partial charge is 0.355 e. The molecule has 0 N–H and O–H groups in total. The lowest BCUT2D eigenvalue weighted by atomic mass is 10.2. The molecule has 90 valence electrons. The fourth-order valence-corrected chi connectivity index (χ4v) is 1.31. The van der Waals surface area contributed by atoms with Gasteiger partial charge in [0.1, 0.15) is 5.70 Å². The first-order valence-corrected chi connectivity index (χ1v) is 5.33. The summed E-state index contributed by atoms with van der Waals surface area (Å²) in [6.45, 7) is 9.59. The van der Waals surface area contributed by atoms with Gasteiger partial charge in [0.25, 0.3) is 0 Å². The second-order valence-electron chi connectivity index (χ2n) is 3.35. The van der Waals surface area contributed by atoms with Crippen LogP contribution in [-0.4, -0.2) is 24.3 Å². The lowest BCUT2D eigenvalue weighted by Crippen LogP contribution is -2.23. The van der Waals surface area contributed by atoms with Crippen molar-refractivity contribution < 1.29 is 9.53 Å². The molecule has 0 heterocycles. The molecule has 0 aliphatic carbocycles. The normalized spacial score (nSPS) is 9.47. The van der Waals surface area contributed by atoms with Crippen molar-refractivity contribution in [1.29, 1.82) is 0 Å². The van der Waals surface area contributed by atoms with Gasteiger partial charge in [-0.3, -0.25) is 5.01 Å². The van der Waals surface area contributed by atoms with Crippen molar-refractivity contribution in [2.45, 2.75) is 13.5 Å². The third kappa shape index (κ3) is 3.75. The Labute approximate surface area is 101 Å². The van der Waals surface area contributed by atoms with Crippen LogP contribution in [0.5, 0.6) is 0 Å². The average molecular weight is 232 g/mol. The molecule has 0 spiro atoms. The summed E-state index contributed by atoms with van der Waals surface area (Å²) in [5.74, 6) is -0.476. The van der Waals surface area contributed by atoms with Gasteiger partial charge in [-0.2, -0.15) is 5.10 Å². The van der Waals surface area contributed by atoms with Crippen molar-refractivity contribution in [3.05, 3.63) is 48.2 Å². The van der Waals surface area contributed by atoms with Gasteiger partial charge in [-0.1, -0.05) is 36.9 Å². The number of rotatable bonds is 6. The summed E-state index contributed by atoms with van der Waals surface area (Å²) in [6, 6.07) is 9.65. The van der Waals surface area contributed by atoms with Crippen LogP contribution in [0.4, 0.5) is 0 Å². The molecule has 0 atom stereocenters. The van der Waals surface area contributed by atoms with Crippen LogP contribution in [0.3, 0.4) is 0 Å². The molecule has 4 heteroatoms. The summed E-state index contributed by atoms with van der Waals surface area (Å²) >= 11 is 0. The maximum Gasteiger partial charge on any atom is 0.355 e. The summed E-state index contributed by atoms with van der Waals surface area (Å²) < 4.78 is 4.86. The Hall–Kier alpha value is -2.10. The molecular weight excluding hydrogens is 216 g/mol. The molecule has 4 nitrogen and oxygen atoms in total. The SMILES string of the molecule is C=NN(Cc1ccccc1)C(=C)C(=O)OCC. The first-order valence-electron chi connectivity index (χ1n) is 5.33. The van der Waals surface area contributed by atoms with Gasteiger partial charge in [-0.25, -0.2) is 4.79 Å². The number of nitrogens with zero attached hydrogens (tertiary/aromatic N) is 2. The van der Waals surface area contributed by atoms with E-state index in [-0.39, 0.29) is 5.70 Å². The Bertz CT molecular complexity index is 401. The Morgan fingerprint density at radius 1 is 1.41 bits per heavy atom. The number of hydrogen-bond donors (Lipinski definition) is 0. The second kappa shape index (κ2) is 6.48. The maximum absolute atomic E-state index is 11.5. The summed E-state index contributed by atoms with van der Waals surface area (Å²) in [5, 5.41) is 5.19. The van der Waals surface area contributed by atoms with Crippen LogP contribution in [0, 0.1) is 0 Å². The Kier molecular flexibility index (Phi) is 4.94. The van der Waals surface area contributed by atoms with Gasteiger partial charge in [0.05, 0.1) is 13.2 Å². The molecule has 0 aromatic heterocycles. The fraction of sp³-hybridized carbons (Fsp3) is 0.231. The van der Waals surface area contributed by atoms with Gasteiger partial charge in [0, 0.05) is 6.72 Å². The highest BCUT2D eigenvalue weighted by atomic mass is 16.5. The number of carbonyl (C=O) groups excluding carboxylic acids is 1. The fourth-order valence-electron chi connectivity index (χ4n) is 1.31. The molecule has 1 rings (SSSR count). The number of ether oxygens (including phenoxy) is 1. The van der Waals surface area contributed by atoms with Gasteiger partial charge in [0.2, 0.25) is 0 Å². The van der Waals surface area contributed by atoms with E-state index in [2.05, 4.69) is 18.4 Å². The zero-order valence-corrected chi connectivity index (χ0v) is 9.93. The lowest BCUT2D eigenvalue weighted by molar-refractivity contribution is -0.140.